The minimum absolute atomic E-state index is 0.197. The van der Waals surface area contributed by atoms with E-state index in [0.717, 1.165) is 27.9 Å². The van der Waals surface area contributed by atoms with Crippen LogP contribution in [0.5, 0.6) is 0 Å². The van der Waals surface area contributed by atoms with Crippen molar-refractivity contribution in [3.63, 3.8) is 0 Å². The van der Waals surface area contributed by atoms with Crippen molar-refractivity contribution in [3.05, 3.63) is 58.9 Å². The van der Waals surface area contributed by atoms with E-state index in [9.17, 15) is 9.59 Å². The Morgan fingerprint density at radius 3 is 2.22 bits per heavy atom. The van der Waals surface area contributed by atoms with Crippen LogP contribution in [0.2, 0.25) is 0 Å². The molecule has 0 unspecified atom stereocenters. The molecule has 0 aliphatic rings. The van der Waals surface area contributed by atoms with Gasteiger partial charge < -0.3 is 10.6 Å². The maximum atomic E-state index is 12.0. The second kappa shape index (κ2) is 7.54. The van der Waals surface area contributed by atoms with Gasteiger partial charge in [-0.1, -0.05) is 17.7 Å². The monoisotopic (exact) mass is 311 g/mol. The Balaban J connectivity index is 1.88. The van der Waals surface area contributed by atoms with E-state index in [1.807, 2.05) is 45.0 Å². The van der Waals surface area contributed by atoms with Gasteiger partial charge in [0.1, 0.15) is 6.42 Å². The molecule has 1 heterocycles. The van der Waals surface area contributed by atoms with Crippen molar-refractivity contribution in [1.29, 1.82) is 0 Å². The van der Waals surface area contributed by atoms with Gasteiger partial charge in [-0.3, -0.25) is 14.6 Å². The first-order valence-corrected chi connectivity index (χ1v) is 7.49. The van der Waals surface area contributed by atoms with Gasteiger partial charge in [0.05, 0.1) is 0 Å². The molecule has 5 nitrogen and oxygen atoms in total. The van der Waals surface area contributed by atoms with E-state index >= 15 is 0 Å². The van der Waals surface area contributed by atoms with Crippen LogP contribution >= 0.6 is 0 Å². The molecule has 2 amide bonds. The predicted molar refractivity (Wildman–Crippen MR) is 90.0 cm³/mol. The van der Waals surface area contributed by atoms with Crippen molar-refractivity contribution < 1.29 is 9.59 Å². The first-order chi connectivity index (χ1) is 11.0. The SMILES string of the molecule is Cc1cc(C)c(NC(=O)CC(=O)NCc2ccncc2)c(C)c1. The number of hydrogen-bond donors (Lipinski definition) is 2. The minimum atomic E-state index is -0.313. The van der Waals surface area contributed by atoms with Crippen LogP contribution in [0.4, 0.5) is 5.69 Å². The highest BCUT2D eigenvalue weighted by Gasteiger charge is 2.12. The first kappa shape index (κ1) is 16.7. The molecule has 2 N–H and O–H groups in total. The number of aromatic nitrogens is 1. The zero-order valence-corrected chi connectivity index (χ0v) is 13.6. The Bertz CT molecular complexity index is 688. The summed E-state index contributed by atoms with van der Waals surface area (Å²) in [7, 11) is 0. The zero-order valence-electron chi connectivity index (χ0n) is 13.6. The number of carbonyl (C=O) groups excluding carboxylic acids is 2. The van der Waals surface area contributed by atoms with E-state index in [2.05, 4.69) is 15.6 Å². The lowest BCUT2D eigenvalue weighted by Crippen LogP contribution is -2.28. The molecule has 0 saturated heterocycles. The molecule has 2 rings (SSSR count). The number of nitrogens with one attached hydrogen (secondary N) is 2. The van der Waals surface area contributed by atoms with Gasteiger partial charge in [-0.05, 0) is 49.6 Å². The van der Waals surface area contributed by atoms with Gasteiger partial charge in [0, 0.05) is 24.6 Å². The molecule has 0 fully saturated rings. The number of aryl methyl sites for hydroxylation is 3. The Kier molecular flexibility index (Phi) is 5.46. The van der Waals surface area contributed by atoms with Crippen molar-refractivity contribution >= 4 is 17.5 Å². The molecular weight excluding hydrogens is 290 g/mol. The van der Waals surface area contributed by atoms with Gasteiger partial charge in [-0.25, -0.2) is 0 Å². The summed E-state index contributed by atoms with van der Waals surface area (Å²) in [4.78, 5) is 27.8. The van der Waals surface area contributed by atoms with E-state index in [4.69, 9.17) is 0 Å². The molecule has 120 valence electrons. The van der Waals surface area contributed by atoms with Crippen molar-refractivity contribution in [3.8, 4) is 0 Å². The molecule has 0 aliphatic carbocycles. The van der Waals surface area contributed by atoms with Gasteiger partial charge in [0.15, 0.2) is 0 Å². The first-order valence-electron chi connectivity index (χ1n) is 7.49. The Morgan fingerprint density at radius 1 is 1.00 bits per heavy atom. The lowest BCUT2D eigenvalue weighted by Gasteiger charge is -2.13. The Hall–Kier alpha value is -2.69. The molecule has 0 radical (unpaired) electrons. The van der Waals surface area contributed by atoms with E-state index in [1.165, 1.54) is 0 Å². The van der Waals surface area contributed by atoms with Crippen LogP contribution in [0.1, 0.15) is 28.7 Å². The number of hydrogen-bond acceptors (Lipinski definition) is 3. The fourth-order valence-corrected chi connectivity index (χ4v) is 2.47. The van der Waals surface area contributed by atoms with Crippen LogP contribution in [0.25, 0.3) is 0 Å². The minimum Gasteiger partial charge on any atom is -0.352 e. The van der Waals surface area contributed by atoms with E-state index in [1.54, 1.807) is 12.4 Å². The van der Waals surface area contributed by atoms with Gasteiger partial charge >= 0.3 is 0 Å². The molecule has 23 heavy (non-hydrogen) atoms. The van der Waals surface area contributed by atoms with Crippen molar-refractivity contribution in [2.24, 2.45) is 0 Å². The summed E-state index contributed by atoms with van der Waals surface area (Å²) in [6.45, 7) is 6.29. The molecular formula is C18H21N3O2. The molecule has 5 heteroatoms. The smallest absolute Gasteiger partial charge is 0.233 e. The zero-order chi connectivity index (χ0) is 16.8. The maximum Gasteiger partial charge on any atom is 0.233 e. The van der Waals surface area contributed by atoms with Gasteiger partial charge in [0.25, 0.3) is 0 Å². The van der Waals surface area contributed by atoms with Crippen LogP contribution in [-0.4, -0.2) is 16.8 Å². The number of benzene rings is 1. The topological polar surface area (TPSA) is 71.1 Å². The van der Waals surface area contributed by atoms with Crippen molar-refractivity contribution in [2.75, 3.05) is 5.32 Å². The van der Waals surface area contributed by atoms with Gasteiger partial charge in [-0.15, -0.1) is 0 Å². The van der Waals surface area contributed by atoms with Crippen LogP contribution in [0, 0.1) is 20.8 Å². The second-order valence-electron chi connectivity index (χ2n) is 5.63. The quantitative estimate of drug-likeness (QED) is 0.834. The average Bonchev–Trinajstić information content (AvgIpc) is 2.50. The molecule has 0 bridgehead atoms. The third-order valence-corrected chi connectivity index (χ3v) is 3.50. The van der Waals surface area contributed by atoms with Gasteiger partial charge in [0.2, 0.25) is 11.8 Å². The summed E-state index contributed by atoms with van der Waals surface area (Å²) in [6.07, 6.45) is 3.13. The molecule has 0 saturated carbocycles. The lowest BCUT2D eigenvalue weighted by molar-refractivity contribution is -0.126. The van der Waals surface area contributed by atoms with Crippen molar-refractivity contribution in [2.45, 2.75) is 33.7 Å². The molecule has 1 aromatic heterocycles. The van der Waals surface area contributed by atoms with E-state index in [-0.39, 0.29) is 18.2 Å². The third kappa shape index (κ3) is 4.92. The molecule has 0 atom stereocenters. The number of pyridine rings is 1. The summed E-state index contributed by atoms with van der Waals surface area (Å²) in [5, 5.41) is 5.55. The fraction of sp³-hybridized carbons (Fsp3) is 0.278. The third-order valence-electron chi connectivity index (χ3n) is 3.50. The Labute approximate surface area is 136 Å². The highest BCUT2D eigenvalue weighted by molar-refractivity contribution is 6.04. The van der Waals surface area contributed by atoms with E-state index < -0.39 is 0 Å². The van der Waals surface area contributed by atoms with Crippen LogP contribution in [-0.2, 0) is 16.1 Å². The second-order valence-corrected chi connectivity index (χ2v) is 5.63. The number of carbonyl (C=O) groups is 2. The molecule has 0 aliphatic heterocycles. The lowest BCUT2D eigenvalue weighted by atomic mass is 10.0. The highest BCUT2D eigenvalue weighted by Crippen LogP contribution is 2.21. The van der Waals surface area contributed by atoms with Crippen LogP contribution < -0.4 is 10.6 Å². The molecule has 2 aromatic rings. The van der Waals surface area contributed by atoms with Crippen LogP contribution in [0.3, 0.4) is 0 Å². The average molecular weight is 311 g/mol. The van der Waals surface area contributed by atoms with Gasteiger partial charge in [-0.2, -0.15) is 0 Å². The molecule has 0 spiro atoms. The summed E-state index contributed by atoms with van der Waals surface area (Å²) >= 11 is 0. The summed E-state index contributed by atoms with van der Waals surface area (Å²) < 4.78 is 0. The standard InChI is InChI=1S/C18H21N3O2/c1-12-8-13(2)18(14(3)9-12)21-17(23)10-16(22)20-11-15-4-6-19-7-5-15/h4-9H,10-11H2,1-3H3,(H,20,22)(H,21,23). The largest absolute Gasteiger partial charge is 0.352 e. The summed E-state index contributed by atoms with van der Waals surface area (Å²) in [5.41, 5.74) is 4.86. The summed E-state index contributed by atoms with van der Waals surface area (Å²) in [5.74, 6) is -0.617. The van der Waals surface area contributed by atoms with Crippen LogP contribution in [0.15, 0.2) is 36.7 Å². The fourth-order valence-electron chi connectivity index (χ4n) is 2.47. The summed E-state index contributed by atoms with van der Waals surface area (Å²) in [6, 6.07) is 7.65. The molecule has 1 aromatic carbocycles. The normalized spacial score (nSPS) is 10.2. The number of anilines is 1. The predicted octanol–water partition coefficient (Wildman–Crippen LogP) is 2.65. The number of rotatable bonds is 5. The Morgan fingerprint density at radius 2 is 1.61 bits per heavy atom. The van der Waals surface area contributed by atoms with E-state index in [0.29, 0.717) is 6.54 Å². The highest BCUT2D eigenvalue weighted by atomic mass is 16.2. The van der Waals surface area contributed by atoms with Crippen molar-refractivity contribution in [1.82, 2.24) is 10.3 Å². The maximum absolute atomic E-state index is 12.0. The number of amides is 2. The number of nitrogens with zero attached hydrogens (tertiary/aromatic N) is 1.